The Morgan fingerprint density at radius 1 is 1.50 bits per heavy atom. The molecule has 122 valence electrons. The maximum Gasteiger partial charge on any atom is 0.193 e. The van der Waals surface area contributed by atoms with E-state index in [1.165, 1.54) is 18.4 Å². The van der Waals surface area contributed by atoms with Crippen LogP contribution in [0.3, 0.4) is 0 Å². The van der Waals surface area contributed by atoms with Crippen LogP contribution in [0.25, 0.3) is 0 Å². The minimum Gasteiger partial charge on any atom is -0.378 e. The third-order valence-corrected chi connectivity index (χ3v) is 3.98. The quantitative estimate of drug-likeness (QED) is 0.644. The fourth-order valence-corrected chi connectivity index (χ4v) is 2.85. The Kier molecular flexibility index (Phi) is 7.00. The monoisotopic (exact) mass is 323 g/mol. The van der Waals surface area contributed by atoms with Gasteiger partial charge in [-0.05, 0) is 43.9 Å². The number of hydrogen-bond donors (Lipinski definition) is 1. The van der Waals surface area contributed by atoms with Crippen molar-refractivity contribution in [3.8, 4) is 0 Å². The number of nitrogens with one attached hydrogen (secondary N) is 1. The SMILES string of the molecule is CCNC(=NCCC1CCCO1)N(C)Cc1cccc(Cl)c1. The number of nitrogens with zero attached hydrogens (tertiary/aromatic N) is 2. The Morgan fingerprint density at radius 3 is 3.05 bits per heavy atom. The average Bonchev–Trinajstić information content (AvgIpc) is 2.99. The lowest BCUT2D eigenvalue weighted by molar-refractivity contribution is 0.106. The molecule has 0 aliphatic carbocycles. The summed E-state index contributed by atoms with van der Waals surface area (Å²) in [5.41, 5.74) is 1.18. The van der Waals surface area contributed by atoms with Gasteiger partial charge in [-0.3, -0.25) is 4.99 Å². The highest BCUT2D eigenvalue weighted by atomic mass is 35.5. The summed E-state index contributed by atoms with van der Waals surface area (Å²) in [6, 6.07) is 7.95. The molecule has 2 rings (SSSR count). The van der Waals surface area contributed by atoms with Gasteiger partial charge < -0.3 is 15.0 Å². The van der Waals surface area contributed by atoms with E-state index in [4.69, 9.17) is 21.3 Å². The summed E-state index contributed by atoms with van der Waals surface area (Å²) in [6.07, 6.45) is 3.75. The third kappa shape index (κ3) is 5.50. The van der Waals surface area contributed by atoms with Crippen molar-refractivity contribution in [3.63, 3.8) is 0 Å². The van der Waals surface area contributed by atoms with Gasteiger partial charge in [0, 0.05) is 38.3 Å². The molecule has 1 fully saturated rings. The molecule has 1 N–H and O–H groups in total. The molecule has 22 heavy (non-hydrogen) atoms. The molecule has 1 aromatic rings. The van der Waals surface area contributed by atoms with Crippen LogP contribution in [0.15, 0.2) is 29.3 Å². The Bertz CT molecular complexity index is 487. The number of guanidine groups is 1. The third-order valence-electron chi connectivity index (χ3n) is 3.74. The predicted molar refractivity (Wildman–Crippen MR) is 92.5 cm³/mol. The van der Waals surface area contributed by atoms with Gasteiger partial charge >= 0.3 is 0 Å². The normalized spacial score (nSPS) is 18.5. The molecule has 4 nitrogen and oxygen atoms in total. The zero-order valence-corrected chi connectivity index (χ0v) is 14.3. The molecular weight excluding hydrogens is 298 g/mol. The molecule has 1 aliphatic heterocycles. The van der Waals surface area contributed by atoms with E-state index in [1.807, 2.05) is 18.2 Å². The zero-order chi connectivity index (χ0) is 15.8. The Balaban J connectivity index is 1.90. The van der Waals surface area contributed by atoms with Crippen molar-refractivity contribution >= 4 is 17.6 Å². The van der Waals surface area contributed by atoms with Gasteiger partial charge in [-0.1, -0.05) is 23.7 Å². The van der Waals surface area contributed by atoms with Gasteiger partial charge in [0.05, 0.1) is 6.10 Å². The van der Waals surface area contributed by atoms with Crippen LogP contribution in [0.5, 0.6) is 0 Å². The Hall–Kier alpha value is -1.26. The van der Waals surface area contributed by atoms with Crippen LogP contribution in [0.1, 0.15) is 31.7 Å². The van der Waals surface area contributed by atoms with E-state index in [0.29, 0.717) is 6.10 Å². The summed E-state index contributed by atoms with van der Waals surface area (Å²) in [7, 11) is 2.05. The summed E-state index contributed by atoms with van der Waals surface area (Å²) >= 11 is 6.05. The van der Waals surface area contributed by atoms with Gasteiger partial charge in [0.1, 0.15) is 0 Å². The highest BCUT2D eigenvalue weighted by molar-refractivity contribution is 6.30. The molecule has 0 bridgehead atoms. The summed E-state index contributed by atoms with van der Waals surface area (Å²) < 4.78 is 5.65. The van der Waals surface area contributed by atoms with Gasteiger partial charge in [0.2, 0.25) is 0 Å². The van der Waals surface area contributed by atoms with Crippen LogP contribution in [-0.4, -0.2) is 43.7 Å². The van der Waals surface area contributed by atoms with Crippen molar-refractivity contribution < 1.29 is 4.74 Å². The van der Waals surface area contributed by atoms with Crippen LogP contribution < -0.4 is 5.32 Å². The van der Waals surface area contributed by atoms with E-state index in [9.17, 15) is 0 Å². The van der Waals surface area contributed by atoms with E-state index in [-0.39, 0.29) is 0 Å². The number of aliphatic imine (C=N–C) groups is 1. The van der Waals surface area contributed by atoms with E-state index < -0.39 is 0 Å². The van der Waals surface area contributed by atoms with Gasteiger partial charge in [-0.2, -0.15) is 0 Å². The Labute approximate surface area is 138 Å². The first-order valence-electron chi connectivity index (χ1n) is 8.04. The van der Waals surface area contributed by atoms with Crippen LogP contribution in [-0.2, 0) is 11.3 Å². The molecule has 0 radical (unpaired) electrons. The molecule has 1 aliphatic rings. The number of benzene rings is 1. The first-order chi connectivity index (χ1) is 10.7. The maximum absolute atomic E-state index is 6.05. The second-order valence-electron chi connectivity index (χ2n) is 5.65. The maximum atomic E-state index is 6.05. The fourth-order valence-electron chi connectivity index (χ4n) is 2.64. The van der Waals surface area contributed by atoms with Gasteiger partial charge in [-0.25, -0.2) is 0 Å². The van der Waals surface area contributed by atoms with Crippen LogP contribution >= 0.6 is 11.6 Å². The molecule has 0 spiro atoms. The molecule has 5 heteroatoms. The minimum atomic E-state index is 0.393. The molecule has 1 aromatic carbocycles. The van der Waals surface area contributed by atoms with E-state index in [1.54, 1.807) is 0 Å². The Morgan fingerprint density at radius 2 is 2.36 bits per heavy atom. The van der Waals surface area contributed by atoms with Crippen molar-refractivity contribution in [1.29, 1.82) is 0 Å². The van der Waals surface area contributed by atoms with E-state index >= 15 is 0 Å². The molecule has 1 unspecified atom stereocenters. The number of ether oxygens (including phenoxy) is 1. The molecule has 1 heterocycles. The minimum absolute atomic E-state index is 0.393. The highest BCUT2D eigenvalue weighted by Gasteiger charge is 2.15. The zero-order valence-electron chi connectivity index (χ0n) is 13.5. The van der Waals surface area contributed by atoms with E-state index in [0.717, 1.165) is 43.6 Å². The smallest absolute Gasteiger partial charge is 0.193 e. The van der Waals surface area contributed by atoms with Crippen LogP contribution in [0.4, 0.5) is 0 Å². The van der Waals surface area contributed by atoms with Crippen LogP contribution in [0, 0.1) is 0 Å². The molecule has 0 aromatic heterocycles. The van der Waals surface area contributed by atoms with Gasteiger partial charge in [-0.15, -0.1) is 0 Å². The first kappa shape index (κ1) is 17.1. The lowest BCUT2D eigenvalue weighted by Crippen LogP contribution is -2.38. The van der Waals surface area contributed by atoms with E-state index in [2.05, 4.69) is 30.3 Å². The second kappa shape index (κ2) is 9.01. The fraction of sp³-hybridized carbons (Fsp3) is 0.588. The summed E-state index contributed by atoms with van der Waals surface area (Å²) in [5.74, 6) is 0.931. The molecule has 1 atom stereocenters. The van der Waals surface area contributed by atoms with Gasteiger partial charge in [0.25, 0.3) is 0 Å². The van der Waals surface area contributed by atoms with Crippen molar-refractivity contribution in [2.24, 2.45) is 4.99 Å². The lowest BCUT2D eigenvalue weighted by atomic mass is 10.2. The topological polar surface area (TPSA) is 36.9 Å². The van der Waals surface area contributed by atoms with Crippen molar-refractivity contribution in [1.82, 2.24) is 10.2 Å². The van der Waals surface area contributed by atoms with Gasteiger partial charge in [0.15, 0.2) is 5.96 Å². The van der Waals surface area contributed by atoms with Crippen molar-refractivity contribution in [3.05, 3.63) is 34.9 Å². The summed E-state index contributed by atoms with van der Waals surface area (Å²) in [5, 5.41) is 4.11. The predicted octanol–water partition coefficient (Wildman–Crippen LogP) is 3.31. The molecule has 1 saturated heterocycles. The summed E-state index contributed by atoms with van der Waals surface area (Å²) in [6.45, 7) is 5.43. The molecule has 0 saturated carbocycles. The average molecular weight is 324 g/mol. The summed E-state index contributed by atoms with van der Waals surface area (Å²) in [4.78, 5) is 6.84. The van der Waals surface area contributed by atoms with Crippen molar-refractivity contribution in [2.45, 2.75) is 38.8 Å². The van der Waals surface area contributed by atoms with Crippen molar-refractivity contribution in [2.75, 3.05) is 26.7 Å². The first-order valence-corrected chi connectivity index (χ1v) is 8.42. The number of hydrogen-bond acceptors (Lipinski definition) is 2. The second-order valence-corrected chi connectivity index (χ2v) is 6.08. The highest BCUT2D eigenvalue weighted by Crippen LogP contribution is 2.15. The lowest BCUT2D eigenvalue weighted by Gasteiger charge is -2.22. The molecule has 0 amide bonds. The number of rotatable bonds is 6. The van der Waals surface area contributed by atoms with Crippen LogP contribution in [0.2, 0.25) is 5.02 Å². The number of halogens is 1. The molecular formula is C17H26ClN3O. The standard InChI is InChI=1S/C17H26ClN3O/c1-3-19-17(20-10-9-16-8-5-11-22-16)21(2)13-14-6-4-7-15(18)12-14/h4,6-7,12,16H,3,5,8-11,13H2,1-2H3,(H,19,20). The largest absolute Gasteiger partial charge is 0.378 e.